The first-order chi connectivity index (χ1) is 10.7. The second-order valence-corrected chi connectivity index (χ2v) is 7.09. The van der Waals surface area contributed by atoms with E-state index >= 15 is 0 Å². The van der Waals surface area contributed by atoms with Gasteiger partial charge in [-0.2, -0.15) is 0 Å². The van der Waals surface area contributed by atoms with E-state index in [0.717, 1.165) is 11.3 Å². The van der Waals surface area contributed by atoms with Crippen molar-refractivity contribution in [2.45, 2.75) is 57.8 Å². The first kappa shape index (κ1) is 17.8. The van der Waals surface area contributed by atoms with Gasteiger partial charge in [0.25, 0.3) is 0 Å². The molecule has 1 aliphatic rings. The molecule has 0 bridgehead atoms. The quantitative estimate of drug-likeness (QED) is 0.925. The third-order valence-corrected chi connectivity index (χ3v) is 4.19. The summed E-state index contributed by atoms with van der Waals surface area (Å²) >= 11 is 0. The lowest BCUT2D eigenvalue weighted by atomic mass is 9.89. The van der Waals surface area contributed by atoms with Crippen molar-refractivity contribution >= 4 is 11.8 Å². The number of benzene rings is 1. The topological polar surface area (TPSA) is 59.0 Å². The Morgan fingerprint density at radius 3 is 2.57 bits per heavy atom. The lowest BCUT2D eigenvalue weighted by molar-refractivity contribution is -0.0529. The number of para-hydroxylation sites is 1. The Morgan fingerprint density at radius 2 is 2.00 bits per heavy atom. The largest absolute Gasteiger partial charge is 0.443 e. The van der Waals surface area contributed by atoms with E-state index in [0.29, 0.717) is 12.8 Å². The first-order valence-corrected chi connectivity index (χ1v) is 8.03. The second kappa shape index (κ2) is 6.49. The maximum absolute atomic E-state index is 12.8. The SMILES string of the molecule is CC[C@@](O)(COC)[C@@H]1Cc2ccccc2N1C(=O)OC(C)(C)C. The molecular weight excluding hydrogens is 294 g/mol. The van der Waals surface area contributed by atoms with Crippen LogP contribution in [0.25, 0.3) is 0 Å². The summed E-state index contributed by atoms with van der Waals surface area (Å²) in [5.74, 6) is 0. The zero-order valence-electron chi connectivity index (χ0n) is 14.6. The Hall–Kier alpha value is -1.59. The number of carbonyl (C=O) groups is 1. The van der Waals surface area contributed by atoms with Crippen LogP contribution >= 0.6 is 0 Å². The van der Waals surface area contributed by atoms with Crippen LogP contribution in [0.2, 0.25) is 0 Å². The summed E-state index contributed by atoms with van der Waals surface area (Å²) < 4.78 is 10.8. The highest BCUT2D eigenvalue weighted by atomic mass is 16.6. The molecule has 1 aromatic carbocycles. The Labute approximate surface area is 138 Å². The van der Waals surface area contributed by atoms with Crippen LogP contribution in [0.5, 0.6) is 0 Å². The monoisotopic (exact) mass is 321 g/mol. The molecule has 0 saturated carbocycles. The Balaban J connectivity index is 2.40. The first-order valence-electron chi connectivity index (χ1n) is 8.03. The molecule has 128 valence electrons. The van der Waals surface area contributed by atoms with Crippen molar-refractivity contribution in [3.8, 4) is 0 Å². The van der Waals surface area contributed by atoms with E-state index in [1.165, 1.54) is 0 Å². The molecule has 1 aromatic rings. The Morgan fingerprint density at radius 1 is 1.35 bits per heavy atom. The van der Waals surface area contributed by atoms with Crippen LogP contribution in [-0.4, -0.2) is 42.2 Å². The zero-order valence-corrected chi connectivity index (χ0v) is 14.6. The minimum Gasteiger partial charge on any atom is -0.443 e. The number of rotatable bonds is 4. The number of nitrogens with zero attached hydrogens (tertiary/aromatic N) is 1. The molecule has 5 nitrogen and oxygen atoms in total. The van der Waals surface area contributed by atoms with Gasteiger partial charge in [0.05, 0.1) is 18.3 Å². The number of hydrogen-bond donors (Lipinski definition) is 1. The zero-order chi connectivity index (χ0) is 17.3. The number of fused-ring (bicyclic) bond motifs is 1. The third-order valence-electron chi connectivity index (χ3n) is 4.19. The fraction of sp³-hybridized carbons (Fsp3) is 0.611. The van der Waals surface area contributed by atoms with E-state index in [9.17, 15) is 9.90 Å². The summed E-state index contributed by atoms with van der Waals surface area (Å²) in [5, 5.41) is 11.0. The van der Waals surface area contributed by atoms with E-state index in [-0.39, 0.29) is 6.61 Å². The van der Waals surface area contributed by atoms with Crippen LogP contribution in [0.1, 0.15) is 39.7 Å². The standard InChI is InChI=1S/C18H27NO4/c1-6-18(21,12-22-5)15-11-13-9-7-8-10-14(13)19(15)16(20)23-17(2,3)4/h7-10,15,21H,6,11-12H2,1-5H3/t15-,18+/m0/s1. The van der Waals surface area contributed by atoms with Gasteiger partial charge < -0.3 is 14.6 Å². The molecule has 1 amide bonds. The summed E-state index contributed by atoms with van der Waals surface area (Å²) in [7, 11) is 1.56. The van der Waals surface area contributed by atoms with Gasteiger partial charge in [-0.1, -0.05) is 25.1 Å². The Kier molecular flexibility index (Phi) is 5.01. The molecule has 0 saturated heterocycles. The van der Waals surface area contributed by atoms with E-state index < -0.39 is 23.3 Å². The van der Waals surface area contributed by atoms with E-state index in [4.69, 9.17) is 9.47 Å². The van der Waals surface area contributed by atoms with Gasteiger partial charge in [-0.25, -0.2) is 4.79 Å². The van der Waals surface area contributed by atoms with Crippen molar-refractivity contribution < 1.29 is 19.4 Å². The maximum atomic E-state index is 12.8. The van der Waals surface area contributed by atoms with Crippen molar-refractivity contribution in [1.29, 1.82) is 0 Å². The molecule has 1 N–H and O–H groups in total. The number of hydrogen-bond acceptors (Lipinski definition) is 4. The third kappa shape index (κ3) is 3.67. The molecule has 0 fully saturated rings. The smallest absolute Gasteiger partial charge is 0.415 e. The molecule has 23 heavy (non-hydrogen) atoms. The number of methoxy groups -OCH3 is 1. The van der Waals surface area contributed by atoms with Crippen molar-refractivity contribution in [2.75, 3.05) is 18.6 Å². The van der Waals surface area contributed by atoms with E-state index in [1.54, 1.807) is 12.0 Å². The van der Waals surface area contributed by atoms with E-state index in [2.05, 4.69) is 0 Å². The predicted octanol–water partition coefficient (Wildman–Crippen LogP) is 3.14. The molecule has 1 heterocycles. The predicted molar refractivity (Wildman–Crippen MR) is 89.8 cm³/mol. The van der Waals surface area contributed by atoms with E-state index in [1.807, 2.05) is 52.0 Å². The minimum absolute atomic E-state index is 0.168. The molecule has 1 aliphatic heterocycles. The van der Waals surface area contributed by atoms with Crippen LogP contribution in [0, 0.1) is 0 Å². The lowest BCUT2D eigenvalue weighted by Crippen LogP contribution is -2.56. The Bertz CT molecular complexity index is 566. The van der Waals surface area contributed by atoms with Gasteiger partial charge in [0.15, 0.2) is 0 Å². The number of aliphatic hydroxyl groups is 1. The summed E-state index contributed by atoms with van der Waals surface area (Å²) in [4.78, 5) is 14.3. The maximum Gasteiger partial charge on any atom is 0.415 e. The molecule has 5 heteroatoms. The second-order valence-electron chi connectivity index (χ2n) is 7.09. The van der Waals surface area contributed by atoms with Crippen LogP contribution < -0.4 is 4.90 Å². The van der Waals surface area contributed by atoms with Crippen molar-refractivity contribution in [1.82, 2.24) is 0 Å². The highest BCUT2D eigenvalue weighted by Crippen LogP contribution is 2.38. The van der Waals surface area contributed by atoms with Gasteiger partial charge in [-0.05, 0) is 45.2 Å². The fourth-order valence-corrected chi connectivity index (χ4v) is 3.04. The molecule has 0 spiro atoms. The summed E-state index contributed by atoms with van der Waals surface area (Å²) in [6.45, 7) is 7.58. The molecule has 0 radical (unpaired) electrons. The number of anilines is 1. The normalized spacial score (nSPS) is 20.1. The molecule has 2 rings (SSSR count). The van der Waals surface area contributed by atoms with Crippen molar-refractivity contribution in [3.63, 3.8) is 0 Å². The van der Waals surface area contributed by atoms with Gasteiger partial charge in [-0.15, -0.1) is 0 Å². The van der Waals surface area contributed by atoms with Crippen molar-refractivity contribution in [2.24, 2.45) is 0 Å². The van der Waals surface area contributed by atoms with Gasteiger partial charge in [-0.3, -0.25) is 4.90 Å². The van der Waals surface area contributed by atoms with Crippen LogP contribution in [0.4, 0.5) is 10.5 Å². The van der Waals surface area contributed by atoms with Crippen molar-refractivity contribution in [3.05, 3.63) is 29.8 Å². The lowest BCUT2D eigenvalue weighted by Gasteiger charge is -2.38. The minimum atomic E-state index is -1.12. The van der Waals surface area contributed by atoms with Gasteiger partial charge in [0.2, 0.25) is 0 Å². The van der Waals surface area contributed by atoms with Gasteiger partial charge in [0.1, 0.15) is 11.2 Å². The summed E-state index contributed by atoms with van der Waals surface area (Å²) in [6, 6.07) is 7.30. The van der Waals surface area contributed by atoms with Crippen LogP contribution in [0.15, 0.2) is 24.3 Å². The molecule has 0 aliphatic carbocycles. The summed E-state index contributed by atoms with van der Waals surface area (Å²) in [6.07, 6.45) is 0.637. The van der Waals surface area contributed by atoms with Gasteiger partial charge in [0, 0.05) is 7.11 Å². The average molecular weight is 321 g/mol. The molecular formula is C18H27NO4. The molecule has 0 aromatic heterocycles. The summed E-state index contributed by atoms with van der Waals surface area (Å²) in [5.41, 5.74) is 0.121. The number of ether oxygens (including phenoxy) is 2. The fourth-order valence-electron chi connectivity index (χ4n) is 3.04. The molecule has 2 atom stereocenters. The average Bonchev–Trinajstić information content (AvgIpc) is 2.85. The molecule has 0 unspecified atom stereocenters. The number of amides is 1. The highest BCUT2D eigenvalue weighted by Gasteiger charge is 2.47. The van der Waals surface area contributed by atoms with Crippen LogP contribution in [-0.2, 0) is 15.9 Å². The van der Waals surface area contributed by atoms with Crippen LogP contribution in [0.3, 0.4) is 0 Å². The highest BCUT2D eigenvalue weighted by molar-refractivity contribution is 5.91. The van der Waals surface area contributed by atoms with Gasteiger partial charge >= 0.3 is 6.09 Å². The number of carbonyl (C=O) groups excluding carboxylic acids is 1.